The number of methoxy groups -OCH3 is 1. The molecule has 1 fully saturated rings. The minimum absolute atomic E-state index is 0.508. The molecule has 0 aromatic carbocycles. The molecule has 0 aliphatic carbocycles. The molecule has 23 heavy (non-hydrogen) atoms. The zero-order valence-corrected chi connectivity index (χ0v) is 13.4. The first kappa shape index (κ1) is 14.3. The van der Waals surface area contributed by atoms with Crippen LogP contribution in [0.5, 0.6) is 0 Å². The Labute approximate surface area is 136 Å². The molecule has 3 aromatic rings. The zero-order valence-electron chi connectivity index (χ0n) is 12.6. The second-order valence-electron chi connectivity index (χ2n) is 5.41. The van der Waals surface area contributed by atoms with Crippen LogP contribution in [0, 0.1) is 5.92 Å². The highest BCUT2D eigenvalue weighted by Gasteiger charge is 2.28. The normalized spacial score (nSPS) is 15.1. The summed E-state index contributed by atoms with van der Waals surface area (Å²) in [5.74, 6) is 1.52. The van der Waals surface area contributed by atoms with E-state index in [0.717, 1.165) is 41.2 Å². The van der Waals surface area contributed by atoms with Crippen LogP contribution in [-0.4, -0.2) is 56.8 Å². The van der Waals surface area contributed by atoms with Crippen LogP contribution in [0.1, 0.15) is 5.01 Å². The van der Waals surface area contributed by atoms with Gasteiger partial charge in [0.1, 0.15) is 23.8 Å². The quantitative estimate of drug-likeness (QED) is 0.704. The lowest BCUT2D eigenvalue weighted by atomic mass is 10.0. The predicted octanol–water partition coefficient (Wildman–Crippen LogP) is 0.670. The number of fused-ring (bicyclic) bond motifs is 1. The molecule has 1 aliphatic rings. The van der Waals surface area contributed by atoms with Crippen molar-refractivity contribution in [2.75, 3.05) is 37.0 Å². The molecule has 0 saturated carbocycles. The third-order valence-electron chi connectivity index (χ3n) is 3.71. The lowest BCUT2D eigenvalue weighted by molar-refractivity contribution is 0.184. The standard InChI is InChI=1S/C13H16N8OS/c1-22-7-12-17-18-13(23-12)14-4-9-5-20(6-9)11-3-2-10-16-15-8-21(10)19-11/h2-3,8-9H,4-7H2,1H3,(H,14,18). The van der Waals surface area contributed by atoms with Gasteiger partial charge in [0.25, 0.3) is 0 Å². The second-order valence-corrected chi connectivity index (χ2v) is 6.47. The predicted molar refractivity (Wildman–Crippen MR) is 85.6 cm³/mol. The second kappa shape index (κ2) is 6.05. The van der Waals surface area contributed by atoms with Crippen LogP contribution in [0.4, 0.5) is 10.9 Å². The Morgan fingerprint density at radius 2 is 2.22 bits per heavy atom. The van der Waals surface area contributed by atoms with E-state index in [2.05, 4.69) is 35.7 Å². The highest BCUT2D eigenvalue weighted by molar-refractivity contribution is 7.15. The van der Waals surface area contributed by atoms with Crippen molar-refractivity contribution >= 4 is 27.9 Å². The van der Waals surface area contributed by atoms with E-state index in [1.165, 1.54) is 11.3 Å². The topological polar surface area (TPSA) is 93.4 Å². The van der Waals surface area contributed by atoms with Crippen LogP contribution in [0.15, 0.2) is 18.5 Å². The molecule has 0 amide bonds. The van der Waals surface area contributed by atoms with Crippen molar-refractivity contribution in [3.05, 3.63) is 23.5 Å². The largest absolute Gasteiger partial charge is 0.377 e. The van der Waals surface area contributed by atoms with Gasteiger partial charge in [-0.25, -0.2) is 0 Å². The van der Waals surface area contributed by atoms with Gasteiger partial charge in [-0.15, -0.1) is 25.5 Å². The van der Waals surface area contributed by atoms with Crippen molar-refractivity contribution in [3.8, 4) is 0 Å². The van der Waals surface area contributed by atoms with Gasteiger partial charge in [-0.2, -0.15) is 4.52 Å². The zero-order chi connectivity index (χ0) is 15.6. The first-order valence-electron chi connectivity index (χ1n) is 7.29. The fraction of sp³-hybridized carbons (Fsp3) is 0.462. The van der Waals surface area contributed by atoms with Crippen LogP contribution >= 0.6 is 11.3 Å². The summed E-state index contributed by atoms with van der Waals surface area (Å²) >= 11 is 1.53. The summed E-state index contributed by atoms with van der Waals surface area (Å²) in [4.78, 5) is 2.24. The Balaban J connectivity index is 1.29. The highest BCUT2D eigenvalue weighted by atomic mass is 32.1. The number of aromatic nitrogens is 6. The maximum absolute atomic E-state index is 5.04. The summed E-state index contributed by atoms with van der Waals surface area (Å²) in [6.45, 7) is 3.33. The monoisotopic (exact) mass is 332 g/mol. The molecule has 1 aliphatic heterocycles. The fourth-order valence-corrected chi connectivity index (χ4v) is 3.23. The van der Waals surface area contributed by atoms with Crippen LogP contribution in [0.25, 0.3) is 5.65 Å². The van der Waals surface area contributed by atoms with Gasteiger partial charge < -0.3 is 15.0 Å². The van der Waals surface area contributed by atoms with E-state index in [9.17, 15) is 0 Å². The van der Waals surface area contributed by atoms with Gasteiger partial charge in [0.05, 0.1) is 0 Å². The van der Waals surface area contributed by atoms with Gasteiger partial charge in [0.15, 0.2) is 5.65 Å². The number of rotatable bonds is 6. The molecule has 4 rings (SSSR count). The highest BCUT2D eigenvalue weighted by Crippen LogP contribution is 2.24. The Morgan fingerprint density at radius 1 is 1.30 bits per heavy atom. The molecule has 0 radical (unpaired) electrons. The minimum Gasteiger partial charge on any atom is -0.377 e. The first-order chi connectivity index (χ1) is 11.3. The lowest BCUT2D eigenvalue weighted by Gasteiger charge is -2.40. The number of nitrogens with zero attached hydrogens (tertiary/aromatic N) is 7. The summed E-state index contributed by atoms with van der Waals surface area (Å²) in [5.41, 5.74) is 0.760. The number of ether oxygens (including phenoxy) is 1. The molecule has 10 heteroatoms. The summed E-state index contributed by atoms with van der Waals surface area (Å²) < 4.78 is 6.74. The van der Waals surface area contributed by atoms with E-state index in [1.54, 1.807) is 18.0 Å². The Kier molecular flexibility index (Phi) is 3.75. The van der Waals surface area contributed by atoms with Crippen molar-refractivity contribution in [3.63, 3.8) is 0 Å². The van der Waals surface area contributed by atoms with Gasteiger partial charge in [0.2, 0.25) is 5.13 Å². The summed E-state index contributed by atoms with van der Waals surface area (Å²) in [6, 6.07) is 3.91. The number of nitrogens with one attached hydrogen (secondary N) is 1. The molecule has 4 heterocycles. The third-order valence-corrected chi connectivity index (χ3v) is 4.56. The smallest absolute Gasteiger partial charge is 0.205 e. The Hall–Kier alpha value is -2.33. The van der Waals surface area contributed by atoms with Crippen molar-refractivity contribution < 1.29 is 4.74 Å². The summed E-state index contributed by atoms with van der Waals surface area (Å²) in [6.07, 6.45) is 1.62. The molecule has 9 nitrogen and oxygen atoms in total. The van der Waals surface area contributed by atoms with Crippen LogP contribution in [0.2, 0.25) is 0 Å². The van der Waals surface area contributed by atoms with Crippen molar-refractivity contribution in [1.82, 2.24) is 30.0 Å². The third kappa shape index (κ3) is 2.94. The molecule has 1 saturated heterocycles. The number of anilines is 2. The molecule has 1 N–H and O–H groups in total. The summed E-state index contributed by atoms with van der Waals surface area (Å²) in [7, 11) is 1.66. The first-order valence-corrected chi connectivity index (χ1v) is 8.10. The molecule has 120 valence electrons. The fourth-order valence-electron chi connectivity index (χ4n) is 2.51. The number of hydrogen-bond acceptors (Lipinski definition) is 9. The Morgan fingerprint density at radius 3 is 3.09 bits per heavy atom. The lowest BCUT2D eigenvalue weighted by Crippen LogP contribution is -2.50. The maximum Gasteiger partial charge on any atom is 0.205 e. The maximum atomic E-state index is 5.04. The SMILES string of the molecule is COCc1nnc(NCC2CN(c3ccc4nncn4n3)C2)s1. The molecular weight excluding hydrogens is 316 g/mol. The van der Waals surface area contributed by atoms with E-state index in [4.69, 9.17) is 4.74 Å². The van der Waals surface area contributed by atoms with Gasteiger partial charge in [-0.3, -0.25) is 0 Å². The average Bonchev–Trinajstić information content (AvgIpc) is 3.14. The molecule has 0 unspecified atom stereocenters. The van der Waals surface area contributed by atoms with Crippen molar-refractivity contribution in [2.45, 2.75) is 6.61 Å². The minimum atomic E-state index is 0.508. The van der Waals surface area contributed by atoms with Crippen molar-refractivity contribution in [1.29, 1.82) is 0 Å². The van der Waals surface area contributed by atoms with E-state index in [-0.39, 0.29) is 0 Å². The molecule has 3 aromatic heterocycles. The van der Waals surface area contributed by atoms with Gasteiger partial charge in [-0.1, -0.05) is 11.3 Å². The van der Waals surface area contributed by atoms with Crippen LogP contribution in [0.3, 0.4) is 0 Å². The Bertz CT molecular complexity index is 796. The molecule has 0 spiro atoms. The van der Waals surface area contributed by atoms with Gasteiger partial charge in [-0.05, 0) is 12.1 Å². The van der Waals surface area contributed by atoms with Crippen molar-refractivity contribution in [2.24, 2.45) is 5.92 Å². The molecule has 0 bridgehead atoms. The molecular formula is C13H16N8OS. The summed E-state index contributed by atoms with van der Waals surface area (Å²) in [5, 5.41) is 25.5. The van der Waals surface area contributed by atoms with E-state index < -0.39 is 0 Å². The average molecular weight is 332 g/mol. The van der Waals surface area contributed by atoms with Crippen LogP contribution < -0.4 is 10.2 Å². The van der Waals surface area contributed by atoms with E-state index in [1.807, 2.05) is 12.1 Å². The van der Waals surface area contributed by atoms with E-state index >= 15 is 0 Å². The van der Waals surface area contributed by atoms with Gasteiger partial charge in [0, 0.05) is 32.7 Å². The van der Waals surface area contributed by atoms with Gasteiger partial charge >= 0.3 is 0 Å². The molecule has 0 atom stereocenters. The van der Waals surface area contributed by atoms with E-state index in [0.29, 0.717) is 12.5 Å². The number of hydrogen-bond donors (Lipinski definition) is 1. The van der Waals surface area contributed by atoms with Crippen LogP contribution in [-0.2, 0) is 11.3 Å².